The van der Waals surface area contributed by atoms with E-state index in [0.29, 0.717) is 0 Å². The van der Waals surface area contributed by atoms with Crippen LogP contribution in [0.2, 0.25) is 5.02 Å². The smallest absolute Gasteiger partial charge is 0.0997 e. The Hall–Kier alpha value is -0.970. The van der Waals surface area contributed by atoms with E-state index in [-0.39, 0.29) is 6.61 Å². The zero-order chi connectivity index (χ0) is 13.1. The van der Waals surface area contributed by atoms with Crippen molar-refractivity contribution in [3.8, 4) is 0 Å². The second-order valence-corrected chi connectivity index (χ2v) is 5.40. The summed E-state index contributed by atoms with van der Waals surface area (Å²) < 4.78 is 1.81. The fourth-order valence-corrected chi connectivity index (χ4v) is 3.24. The number of halogens is 1. The van der Waals surface area contributed by atoms with E-state index in [9.17, 15) is 5.11 Å². The van der Waals surface area contributed by atoms with Crippen molar-refractivity contribution in [2.45, 2.75) is 24.3 Å². The van der Waals surface area contributed by atoms with E-state index in [0.717, 1.165) is 32.6 Å². The molecular formula is C13H15ClN2OS. The molecule has 96 valence electrons. The van der Waals surface area contributed by atoms with Crippen LogP contribution >= 0.6 is 23.4 Å². The molecule has 2 rings (SSSR count). The summed E-state index contributed by atoms with van der Waals surface area (Å²) in [5, 5.41) is 15.5. The summed E-state index contributed by atoms with van der Waals surface area (Å²) in [6.07, 6.45) is 0. The van der Waals surface area contributed by atoms with Gasteiger partial charge < -0.3 is 5.11 Å². The third-order valence-electron chi connectivity index (χ3n) is 2.77. The zero-order valence-corrected chi connectivity index (χ0v) is 11.9. The third-order valence-corrected chi connectivity index (χ3v) is 4.38. The Bertz CT molecular complexity index is 554. The number of aliphatic hydroxyl groups excluding tert-OH is 1. The van der Waals surface area contributed by atoms with Crippen LogP contribution in [0.25, 0.3) is 0 Å². The lowest BCUT2D eigenvalue weighted by Crippen LogP contribution is -1.94. The highest BCUT2D eigenvalue weighted by molar-refractivity contribution is 7.98. The first-order valence-electron chi connectivity index (χ1n) is 5.63. The van der Waals surface area contributed by atoms with Crippen LogP contribution in [0.3, 0.4) is 0 Å². The molecule has 0 aliphatic rings. The van der Waals surface area contributed by atoms with Gasteiger partial charge in [0.2, 0.25) is 0 Å². The SMILES string of the molecule is Cc1nn(C)c(SCc2ccccc2Cl)c1CO. The summed E-state index contributed by atoms with van der Waals surface area (Å²) in [4.78, 5) is 0. The lowest BCUT2D eigenvalue weighted by Gasteiger charge is -2.06. The fourth-order valence-electron chi connectivity index (χ4n) is 1.80. The standard InChI is InChI=1S/C13H15ClN2OS/c1-9-11(7-17)13(16(2)15-9)18-8-10-5-3-4-6-12(10)14/h3-6,17H,7-8H2,1-2H3. The highest BCUT2D eigenvalue weighted by atomic mass is 35.5. The molecule has 0 amide bonds. The molecule has 1 aromatic carbocycles. The Morgan fingerprint density at radius 1 is 1.39 bits per heavy atom. The van der Waals surface area contributed by atoms with Gasteiger partial charge in [-0.15, -0.1) is 11.8 Å². The average molecular weight is 283 g/mol. The molecule has 0 aliphatic heterocycles. The zero-order valence-electron chi connectivity index (χ0n) is 10.4. The maximum absolute atomic E-state index is 9.37. The van der Waals surface area contributed by atoms with Crippen LogP contribution < -0.4 is 0 Å². The number of benzene rings is 1. The van der Waals surface area contributed by atoms with Gasteiger partial charge in [-0.3, -0.25) is 4.68 Å². The van der Waals surface area contributed by atoms with E-state index in [1.807, 2.05) is 42.9 Å². The van der Waals surface area contributed by atoms with E-state index >= 15 is 0 Å². The molecule has 0 aliphatic carbocycles. The highest BCUT2D eigenvalue weighted by Crippen LogP contribution is 2.30. The Morgan fingerprint density at radius 3 is 2.78 bits per heavy atom. The largest absolute Gasteiger partial charge is 0.392 e. The Balaban J connectivity index is 2.18. The van der Waals surface area contributed by atoms with Crippen molar-refractivity contribution >= 4 is 23.4 Å². The molecule has 0 spiro atoms. The minimum absolute atomic E-state index is 0.0184. The first kappa shape index (κ1) is 13.5. The van der Waals surface area contributed by atoms with Gasteiger partial charge in [-0.05, 0) is 18.6 Å². The van der Waals surface area contributed by atoms with Gasteiger partial charge in [0.05, 0.1) is 17.3 Å². The first-order chi connectivity index (χ1) is 8.63. The van der Waals surface area contributed by atoms with E-state index in [1.165, 1.54) is 0 Å². The van der Waals surface area contributed by atoms with Crippen LogP contribution in [-0.4, -0.2) is 14.9 Å². The maximum Gasteiger partial charge on any atom is 0.0997 e. The summed E-state index contributed by atoms with van der Waals surface area (Å²) >= 11 is 7.77. The summed E-state index contributed by atoms with van der Waals surface area (Å²) in [5.41, 5.74) is 2.86. The molecule has 3 nitrogen and oxygen atoms in total. The van der Waals surface area contributed by atoms with Gasteiger partial charge in [0, 0.05) is 23.4 Å². The number of nitrogens with zero attached hydrogens (tertiary/aromatic N) is 2. The van der Waals surface area contributed by atoms with E-state index in [1.54, 1.807) is 11.8 Å². The van der Waals surface area contributed by atoms with Crippen molar-refractivity contribution in [3.05, 3.63) is 46.1 Å². The second kappa shape index (κ2) is 5.78. The topological polar surface area (TPSA) is 38.0 Å². The normalized spacial score (nSPS) is 10.9. The summed E-state index contributed by atoms with van der Waals surface area (Å²) in [7, 11) is 1.89. The monoisotopic (exact) mass is 282 g/mol. The Labute approximate surface area is 116 Å². The molecule has 0 atom stereocenters. The molecule has 0 bridgehead atoms. The van der Waals surface area contributed by atoms with Crippen molar-refractivity contribution in [2.75, 3.05) is 0 Å². The molecule has 1 heterocycles. The number of hydrogen-bond acceptors (Lipinski definition) is 3. The maximum atomic E-state index is 9.37. The number of aryl methyl sites for hydroxylation is 2. The summed E-state index contributed by atoms with van der Waals surface area (Å²) in [6.45, 7) is 1.93. The average Bonchev–Trinajstić information content (AvgIpc) is 2.62. The molecule has 2 aromatic rings. The van der Waals surface area contributed by atoms with Crippen molar-refractivity contribution in [2.24, 2.45) is 7.05 Å². The quantitative estimate of drug-likeness (QED) is 0.876. The number of rotatable bonds is 4. The number of thioether (sulfide) groups is 1. The van der Waals surface area contributed by atoms with Gasteiger partial charge in [-0.1, -0.05) is 29.8 Å². The molecule has 1 aromatic heterocycles. The van der Waals surface area contributed by atoms with Crippen molar-refractivity contribution in [1.82, 2.24) is 9.78 Å². The molecule has 18 heavy (non-hydrogen) atoms. The molecule has 0 radical (unpaired) electrons. The minimum Gasteiger partial charge on any atom is -0.392 e. The molecule has 1 N–H and O–H groups in total. The van der Waals surface area contributed by atoms with Crippen LogP contribution in [0.15, 0.2) is 29.3 Å². The van der Waals surface area contributed by atoms with Crippen LogP contribution in [0.1, 0.15) is 16.8 Å². The van der Waals surface area contributed by atoms with Gasteiger partial charge in [0.1, 0.15) is 0 Å². The van der Waals surface area contributed by atoms with E-state index < -0.39 is 0 Å². The molecule has 5 heteroatoms. The predicted molar refractivity (Wildman–Crippen MR) is 74.9 cm³/mol. The van der Waals surface area contributed by atoms with Crippen LogP contribution in [0, 0.1) is 6.92 Å². The van der Waals surface area contributed by atoms with E-state index in [2.05, 4.69) is 5.10 Å². The van der Waals surface area contributed by atoms with Gasteiger partial charge in [0.15, 0.2) is 0 Å². The first-order valence-corrected chi connectivity index (χ1v) is 6.99. The number of aromatic nitrogens is 2. The molecule has 0 fully saturated rings. The molecule has 0 saturated heterocycles. The fraction of sp³-hybridized carbons (Fsp3) is 0.308. The number of aliphatic hydroxyl groups is 1. The van der Waals surface area contributed by atoms with Crippen LogP contribution in [-0.2, 0) is 19.4 Å². The minimum atomic E-state index is 0.0184. The van der Waals surface area contributed by atoms with Crippen molar-refractivity contribution in [3.63, 3.8) is 0 Å². The predicted octanol–water partition coefficient (Wildman–Crippen LogP) is 3.17. The molecule has 0 saturated carbocycles. The van der Waals surface area contributed by atoms with Gasteiger partial charge in [-0.2, -0.15) is 5.10 Å². The van der Waals surface area contributed by atoms with Gasteiger partial charge in [-0.25, -0.2) is 0 Å². The Morgan fingerprint density at radius 2 is 2.11 bits per heavy atom. The lowest BCUT2D eigenvalue weighted by atomic mass is 10.2. The van der Waals surface area contributed by atoms with Crippen molar-refractivity contribution in [1.29, 1.82) is 0 Å². The molecular weight excluding hydrogens is 268 g/mol. The van der Waals surface area contributed by atoms with Crippen LogP contribution in [0.5, 0.6) is 0 Å². The number of hydrogen-bond donors (Lipinski definition) is 1. The Kier molecular flexibility index (Phi) is 4.32. The van der Waals surface area contributed by atoms with Crippen molar-refractivity contribution < 1.29 is 5.11 Å². The highest BCUT2D eigenvalue weighted by Gasteiger charge is 2.13. The lowest BCUT2D eigenvalue weighted by molar-refractivity contribution is 0.277. The summed E-state index contributed by atoms with van der Waals surface area (Å²) in [5.74, 6) is 0.769. The third kappa shape index (κ3) is 2.71. The second-order valence-electron chi connectivity index (χ2n) is 4.03. The van der Waals surface area contributed by atoms with Gasteiger partial charge in [0.25, 0.3) is 0 Å². The van der Waals surface area contributed by atoms with Crippen LogP contribution in [0.4, 0.5) is 0 Å². The van der Waals surface area contributed by atoms with Gasteiger partial charge >= 0.3 is 0 Å². The molecule has 0 unspecified atom stereocenters. The van der Waals surface area contributed by atoms with E-state index in [4.69, 9.17) is 11.6 Å². The summed E-state index contributed by atoms with van der Waals surface area (Å²) in [6, 6.07) is 7.79.